The summed E-state index contributed by atoms with van der Waals surface area (Å²) in [6.45, 7) is -8.72. The topological polar surface area (TPSA) is 646 Å². The summed E-state index contributed by atoms with van der Waals surface area (Å²) in [6.07, 6.45) is -77.4. The van der Waals surface area contributed by atoms with Crippen LogP contribution in [0.2, 0.25) is 0 Å². The van der Waals surface area contributed by atoms with Gasteiger partial charge in [-0.15, -0.1) is 0 Å². The van der Waals surface area contributed by atoms with Gasteiger partial charge in [-0.1, -0.05) is 0 Å². The van der Waals surface area contributed by atoms with E-state index >= 15 is 0 Å². The van der Waals surface area contributed by atoms with E-state index in [-0.39, 0.29) is 0 Å². The molecule has 0 saturated carbocycles. The summed E-state index contributed by atoms with van der Waals surface area (Å²) in [5, 5.41) is 211. The molecule has 0 aromatic heterocycles. The monoisotopic (exact) mass is 1290 g/mol. The van der Waals surface area contributed by atoms with Crippen LogP contribution in [0.5, 0.6) is 0 Å². The van der Waals surface area contributed by atoms with Gasteiger partial charge in [0.1, 0.15) is 171 Å². The first kappa shape index (κ1) is 69.3. The number of hydrogen-bond donors (Lipinski definition) is 19. The predicted octanol–water partition coefficient (Wildman–Crippen LogP) is -16.3. The minimum atomic E-state index is -5.64. The molecule has 14 bridgehead atoms. The fraction of sp³-hybridized carbons (Fsp3) is 1.00. The van der Waals surface area contributed by atoms with Crippen molar-refractivity contribution in [2.75, 3.05) is 46.2 Å². The van der Waals surface area contributed by atoms with Crippen molar-refractivity contribution in [1.82, 2.24) is 0 Å². The van der Waals surface area contributed by atoms with E-state index in [1.165, 1.54) is 0 Å². The highest BCUT2D eigenvalue weighted by Crippen LogP contribution is 2.39. The molecule has 21 rings (SSSR count). The Morgan fingerprint density at radius 3 is 0.529 bits per heavy atom. The molecule has 43 heteroatoms. The summed E-state index contributed by atoms with van der Waals surface area (Å²) in [5.41, 5.74) is 0. The minimum absolute atomic E-state index is 1.14. The predicted molar refractivity (Wildman–Crippen MR) is 246 cm³/mol. The van der Waals surface area contributed by atoms with Crippen LogP contribution in [0.4, 0.5) is 0 Å². The van der Waals surface area contributed by atoms with Crippen molar-refractivity contribution < 1.29 is 198 Å². The van der Waals surface area contributed by atoms with E-state index in [4.69, 9.17) is 66.3 Å². The Morgan fingerprint density at radius 1 is 0.247 bits per heavy atom. The number of ether oxygens (including phenoxy) is 14. The molecule has 0 amide bonds. The van der Waals surface area contributed by atoms with Crippen LogP contribution in [0.15, 0.2) is 0 Å². The molecule has 41 nitrogen and oxygen atoms in total. The molecule has 21 aliphatic rings. The average Bonchev–Trinajstić information content (AvgIpc) is 2.76. The number of rotatable bonds is 11. The SMILES string of the molecule is O=S(=O)([O-])OC[C@H]1OC2O[C@@H]3[C@H](O)[C@@H](O)[C@H](O[C@@H]4[C@H](O)[C@@H](O)[C@H](O[C@@H]5[C@H](O)[C@@H](O)[C@H](O[C@H]6[C@@H](O)[C@H](O)[C@@H](O[C@@H]7[C@@H](O)[C@H](O)[C@H](O[C@@H]8[C@@H](O)[C@H](O)[C@H](O[C@H]1[C@@H](O)[C@H]2O)O[C@@H]8CO)O[C@@H]7CO)O[C@@H]6COS(=O)(=O)[O-])O[C@H]5CO)O[C@H]4CO)O[C@H]3CO. The van der Waals surface area contributed by atoms with Gasteiger partial charge in [0.15, 0.2) is 44.0 Å². The normalized spacial score (nSPS) is 51.7. The number of hydrogen-bond acceptors (Lipinski definition) is 41. The summed E-state index contributed by atoms with van der Waals surface area (Å²) < 4.78 is 157. The van der Waals surface area contributed by atoms with Crippen molar-refractivity contribution in [3.8, 4) is 0 Å². The van der Waals surface area contributed by atoms with E-state index in [9.17, 15) is 123 Å². The molecule has 0 radical (unpaired) electrons. The smallest absolute Gasteiger partial charge is 0.217 e. The minimum Gasteiger partial charge on any atom is -0.726 e. The molecule has 0 spiro atoms. The van der Waals surface area contributed by atoms with E-state index in [2.05, 4.69) is 8.37 Å². The van der Waals surface area contributed by atoms with Gasteiger partial charge in [-0.3, -0.25) is 8.37 Å². The van der Waals surface area contributed by atoms with E-state index < -0.39 is 282 Å². The van der Waals surface area contributed by atoms with E-state index in [1.807, 2.05) is 0 Å². The molecule has 21 saturated heterocycles. The zero-order valence-electron chi connectivity index (χ0n) is 43.5. The van der Waals surface area contributed by atoms with Gasteiger partial charge in [0.25, 0.3) is 0 Å². The maximum atomic E-state index is 11.7. The Balaban J connectivity index is 1.12. The van der Waals surface area contributed by atoms with Crippen LogP contribution in [0.25, 0.3) is 0 Å². The summed E-state index contributed by atoms with van der Waals surface area (Å²) in [7, 11) is -11.3. The van der Waals surface area contributed by atoms with Crippen molar-refractivity contribution in [2.24, 2.45) is 0 Å². The Hall–Kier alpha value is -1.58. The van der Waals surface area contributed by atoms with Gasteiger partial charge >= 0.3 is 0 Å². The van der Waals surface area contributed by atoms with Gasteiger partial charge in [0.2, 0.25) is 20.8 Å². The van der Waals surface area contributed by atoms with E-state index in [1.54, 1.807) is 0 Å². The van der Waals surface area contributed by atoms with Crippen LogP contribution in [-0.2, 0) is 95.5 Å². The lowest BCUT2D eigenvalue weighted by Gasteiger charge is -2.50. The van der Waals surface area contributed by atoms with Crippen LogP contribution in [0, 0.1) is 0 Å². The summed E-state index contributed by atoms with van der Waals surface area (Å²) in [6, 6.07) is 0. The molecular formula is C42H68O41S2-2. The van der Waals surface area contributed by atoms with Gasteiger partial charge in [-0.2, -0.15) is 0 Å². The van der Waals surface area contributed by atoms with Crippen LogP contribution in [-0.4, -0.2) is 384 Å². The van der Waals surface area contributed by atoms with Crippen molar-refractivity contribution in [1.29, 1.82) is 0 Å². The Bertz CT molecular complexity index is 2300. The van der Waals surface area contributed by atoms with Crippen LogP contribution < -0.4 is 0 Å². The molecule has 496 valence electrons. The second-order valence-corrected chi connectivity index (χ2v) is 22.8. The highest BCUT2D eigenvalue weighted by molar-refractivity contribution is 7.81. The van der Waals surface area contributed by atoms with Crippen LogP contribution in [0.3, 0.4) is 0 Å². The first-order valence-electron chi connectivity index (χ1n) is 25.9. The maximum Gasteiger partial charge on any atom is 0.217 e. The second kappa shape index (κ2) is 28.5. The third kappa shape index (κ3) is 15.0. The van der Waals surface area contributed by atoms with Gasteiger partial charge in [-0.05, 0) is 0 Å². The van der Waals surface area contributed by atoms with Crippen molar-refractivity contribution in [2.45, 2.75) is 215 Å². The maximum absolute atomic E-state index is 11.7. The standard InChI is InChI=1S/C42H70O41S2/c43-1-8-29-15(48)22(55)36(70-8)78-30-9(2-44)73-39(25(58)18(30)51)82-34-13(6-68-84(62,63)64)76-42(28(61)21(34)54)81-33-12(5-47)72-38(24(57)17(33)50)79-31-10(3-45)74-40(26(59)19(31)52)83-35-14(7-69-85(65,66)67)75-41(27(60)20(35)53)80-32-11(4-46)71-37(77-29)23(56)16(32)49/h8-61H,1-7H2,(H,62,63,64)(H,65,66,67)/p-2/t8-,9-,10+,11-,12+,13+,14+,15+,16+,17-,18+,19-,20-,21-,22+,23+,24-,25+,26-,27+,28-,29-,30-,31-,32-,33-,34+,35+,36-,37-,38-,39-,40-,41?,42+/m0/s1. The molecule has 19 N–H and O–H groups in total. The van der Waals surface area contributed by atoms with Gasteiger partial charge < -0.3 is 172 Å². The Kier molecular flexibility index (Phi) is 23.3. The lowest BCUT2D eigenvalue weighted by Crippen LogP contribution is -2.68. The van der Waals surface area contributed by atoms with Crippen molar-refractivity contribution in [3.63, 3.8) is 0 Å². The fourth-order valence-electron chi connectivity index (χ4n) is 10.7. The first-order chi connectivity index (χ1) is 39.9. The molecule has 0 aliphatic carbocycles. The highest BCUT2D eigenvalue weighted by Gasteiger charge is 2.60. The van der Waals surface area contributed by atoms with Gasteiger partial charge in [-0.25, -0.2) is 16.8 Å². The molecule has 0 aromatic rings. The molecule has 85 heavy (non-hydrogen) atoms. The van der Waals surface area contributed by atoms with E-state index in [0.29, 0.717) is 0 Å². The van der Waals surface area contributed by atoms with Gasteiger partial charge in [0.05, 0.1) is 46.2 Å². The van der Waals surface area contributed by atoms with Crippen LogP contribution in [0.1, 0.15) is 0 Å². The summed E-state index contributed by atoms with van der Waals surface area (Å²) in [4.78, 5) is 0. The quantitative estimate of drug-likeness (QED) is 0.0675. The molecule has 21 aliphatic heterocycles. The highest BCUT2D eigenvalue weighted by atomic mass is 32.3. The first-order valence-corrected chi connectivity index (χ1v) is 28.6. The molecule has 1 unspecified atom stereocenters. The summed E-state index contributed by atoms with van der Waals surface area (Å²) in [5.74, 6) is 0. The van der Waals surface area contributed by atoms with Crippen molar-refractivity contribution >= 4 is 20.8 Å². The number of aliphatic hydroxyl groups excluding tert-OH is 19. The zero-order chi connectivity index (χ0) is 62.5. The lowest BCUT2D eigenvalue weighted by molar-refractivity contribution is -0.396. The average molecular weight is 1290 g/mol. The van der Waals surface area contributed by atoms with Crippen LogP contribution >= 0.6 is 0 Å². The van der Waals surface area contributed by atoms with Crippen molar-refractivity contribution in [3.05, 3.63) is 0 Å². The summed E-state index contributed by atoms with van der Waals surface area (Å²) >= 11 is 0. The Labute approximate surface area is 478 Å². The molecule has 21 fully saturated rings. The van der Waals surface area contributed by atoms with Gasteiger partial charge in [0, 0.05) is 0 Å². The largest absolute Gasteiger partial charge is 0.726 e. The number of aliphatic hydroxyl groups is 19. The van der Waals surface area contributed by atoms with E-state index in [0.717, 1.165) is 0 Å². The Morgan fingerprint density at radius 2 is 0.388 bits per heavy atom. The second-order valence-electron chi connectivity index (χ2n) is 20.7. The zero-order valence-corrected chi connectivity index (χ0v) is 45.1. The molecule has 35 atom stereocenters. The molecule has 21 heterocycles. The third-order valence-corrected chi connectivity index (χ3v) is 16.0. The fourth-order valence-corrected chi connectivity index (χ4v) is 11.3. The molecule has 0 aromatic carbocycles. The third-order valence-electron chi connectivity index (χ3n) is 15.2. The lowest BCUT2D eigenvalue weighted by atomic mass is 9.95. The molecular weight excluding hydrogens is 1220 g/mol.